The summed E-state index contributed by atoms with van der Waals surface area (Å²) in [6.45, 7) is 3.76. The molecule has 0 unspecified atom stereocenters. The number of ketones is 1. The standard InChI is InChI=1S/C10H19NO3S/c1-8(2)7-15(13,14)11-9-3-5-10(12)6-4-9/h8-9,11H,3-7H2,1-2H3. The molecule has 4 nitrogen and oxygen atoms in total. The Kier molecular flexibility index (Phi) is 4.28. The van der Waals surface area contributed by atoms with Crippen LogP contribution in [0.4, 0.5) is 0 Å². The first-order chi connectivity index (χ1) is 6.89. The van der Waals surface area contributed by atoms with E-state index in [-0.39, 0.29) is 23.5 Å². The fourth-order valence-corrected chi connectivity index (χ4v) is 3.52. The minimum atomic E-state index is -3.16. The zero-order chi connectivity index (χ0) is 11.5. The summed E-state index contributed by atoms with van der Waals surface area (Å²) < 4.78 is 25.9. The minimum absolute atomic E-state index is 0.0357. The molecule has 1 aliphatic rings. The van der Waals surface area contributed by atoms with E-state index in [1.54, 1.807) is 0 Å². The van der Waals surface area contributed by atoms with Crippen LogP contribution in [0.25, 0.3) is 0 Å². The van der Waals surface area contributed by atoms with Gasteiger partial charge < -0.3 is 0 Å². The van der Waals surface area contributed by atoms with E-state index >= 15 is 0 Å². The second kappa shape index (κ2) is 5.07. The van der Waals surface area contributed by atoms with Gasteiger partial charge in [-0.15, -0.1) is 0 Å². The lowest BCUT2D eigenvalue weighted by Gasteiger charge is -2.22. The maximum absolute atomic E-state index is 11.6. The molecule has 1 fully saturated rings. The zero-order valence-electron chi connectivity index (χ0n) is 9.32. The molecule has 1 rings (SSSR count). The van der Waals surface area contributed by atoms with E-state index in [9.17, 15) is 13.2 Å². The molecule has 0 bridgehead atoms. The third kappa shape index (κ3) is 4.75. The Morgan fingerprint density at radius 2 is 1.87 bits per heavy atom. The van der Waals surface area contributed by atoms with Crippen molar-refractivity contribution in [1.82, 2.24) is 4.72 Å². The lowest BCUT2D eigenvalue weighted by Crippen LogP contribution is -2.39. The number of hydrogen-bond acceptors (Lipinski definition) is 3. The number of nitrogens with one attached hydrogen (secondary N) is 1. The van der Waals surface area contributed by atoms with Crippen LogP contribution in [-0.2, 0) is 14.8 Å². The molecule has 1 N–H and O–H groups in total. The van der Waals surface area contributed by atoms with Gasteiger partial charge in [-0.3, -0.25) is 4.79 Å². The van der Waals surface area contributed by atoms with Crippen molar-refractivity contribution in [2.75, 3.05) is 5.75 Å². The Hall–Kier alpha value is -0.420. The van der Waals surface area contributed by atoms with Gasteiger partial charge in [-0.25, -0.2) is 13.1 Å². The lowest BCUT2D eigenvalue weighted by atomic mass is 9.95. The van der Waals surface area contributed by atoms with Crippen molar-refractivity contribution in [2.45, 2.75) is 45.6 Å². The quantitative estimate of drug-likeness (QED) is 0.790. The SMILES string of the molecule is CC(C)CS(=O)(=O)NC1CCC(=O)CC1. The molecule has 0 spiro atoms. The Balaban J connectivity index is 2.44. The molecule has 0 aromatic rings. The maximum Gasteiger partial charge on any atom is 0.212 e. The van der Waals surface area contributed by atoms with Gasteiger partial charge in [0.15, 0.2) is 0 Å². The van der Waals surface area contributed by atoms with Crippen LogP contribution in [0.2, 0.25) is 0 Å². The van der Waals surface area contributed by atoms with Crippen LogP contribution in [0, 0.1) is 5.92 Å². The molecule has 0 heterocycles. The van der Waals surface area contributed by atoms with E-state index < -0.39 is 10.0 Å². The van der Waals surface area contributed by atoms with E-state index in [0.717, 1.165) is 0 Å². The number of Topliss-reactive ketones (excluding diaryl/α,β-unsaturated/α-hetero) is 1. The van der Waals surface area contributed by atoms with Crippen LogP contribution in [0.1, 0.15) is 39.5 Å². The first-order valence-corrected chi connectivity index (χ1v) is 7.06. The molecule has 0 radical (unpaired) electrons. The Labute approximate surface area is 91.5 Å². The van der Waals surface area contributed by atoms with Crippen molar-refractivity contribution in [3.05, 3.63) is 0 Å². The summed E-state index contributed by atoms with van der Waals surface area (Å²) in [4.78, 5) is 11.0. The highest BCUT2D eigenvalue weighted by molar-refractivity contribution is 7.89. The monoisotopic (exact) mass is 233 g/mol. The Morgan fingerprint density at radius 1 is 1.33 bits per heavy atom. The molecule has 0 amide bonds. The van der Waals surface area contributed by atoms with Gasteiger partial charge in [0.1, 0.15) is 5.78 Å². The number of carbonyl (C=O) groups is 1. The second-order valence-corrected chi connectivity index (χ2v) is 6.40. The van der Waals surface area contributed by atoms with Crippen molar-refractivity contribution in [3.8, 4) is 0 Å². The van der Waals surface area contributed by atoms with Gasteiger partial charge in [-0.2, -0.15) is 0 Å². The smallest absolute Gasteiger partial charge is 0.212 e. The summed E-state index contributed by atoms with van der Waals surface area (Å²) in [7, 11) is -3.16. The molecule has 1 aliphatic carbocycles. The summed E-state index contributed by atoms with van der Waals surface area (Å²) in [6, 6.07) is -0.0357. The van der Waals surface area contributed by atoms with Gasteiger partial charge in [0.25, 0.3) is 0 Å². The highest BCUT2D eigenvalue weighted by atomic mass is 32.2. The molecule has 0 aliphatic heterocycles. The normalized spacial score (nSPS) is 19.8. The molecule has 15 heavy (non-hydrogen) atoms. The lowest BCUT2D eigenvalue weighted by molar-refractivity contribution is -0.120. The topological polar surface area (TPSA) is 63.2 Å². The third-order valence-corrected chi connectivity index (χ3v) is 4.24. The van der Waals surface area contributed by atoms with Crippen LogP contribution >= 0.6 is 0 Å². The predicted octanol–water partition coefficient (Wildman–Crippen LogP) is 1.07. The number of carbonyl (C=O) groups excluding carboxylic acids is 1. The molecule has 5 heteroatoms. The molecular weight excluding hydrogens is 214 g/mol. The molecule has 0 atom stereocenters. The minimum Gasteiger partial charge on any atom is -0.300 e. The molecule has 0 aromatic heterocycles. The number of hydrogen-bond donors (Lipinski definition) is 1. The zero-order valence-corrected chi connectivity index (χ0v) is 10.1. The van der Waals surface area contributed by atoms with Crippen molar-refractivity contribution in [3.63, 3.8) is 0 Å². The largest absolute Gasteiger partial charge is 0.300 e. The van der Waals surface area contributed by atoms with Gasteiger partial charge in [0.05, 0.1) is 5.75 Å². The molecular formula is C10H19NO3S. The molecule has 0 saturated heterocycles. The van der Waals surface area contributed by atoms with Gasteiger partial charge >= 0.3 is 0 Å². The molecule has 1 saturated carbocycles. The van der Waals surface area contributed by atoms with E-state index in [0.29, 0.717) is 25.7 Å². The first-order valence-electron chi connectivity index (χ1n) is 5.41. The van der Waals surface area contributed by atoms with Crippen molar-refractivity contribution >= 4 is 15.8 Å². The van der Waals surface area contributed by atoms with Crippen LogP contribution in [-0.4, -0.2) is 26.0 Å². The molecule has 88 valence electrons. The number of sulfonamides is 1. The van der Waals surface area contributed by atoms with E-state index in [1.165, 1.54) is 0 Å². The van der Waals surface area contributed by atoms with Crippen LogP contribution in [0.5, 0.6) is 0 Å². The van der Waals surface area contributed by atoms with Gasteiger partial charge in [0, 0.05) is 18.9 Å². The van der Waals surface area contributed by atoms with E-state index in [1.807, 2.05) is 13.8 Å². The van der Waals surface area contributed by atoms with Crippen molar-refractivity contribution in [1.29, 1.82) is 0 Å². The summed E-state index contributed by atoms with van der Waals surface area (Å²) >= 11 is 0. The van der Waals surface area contributed by atoms with E-state index in [2.05, 4.69) is 4.72 Å². The van der Waals surface area contributed by atoms with Crippen LogP contribution in [0.3, 0.4) is 0 Å². The van der Waals surface area contributed by atoms with Crippen LogP contribution < -0.4 is 4.72 Å². The summed E-state index contributed by atoms with van der Waals surface area (Å²) in [5.74, 6) is 0.541. The fourth-order valence-electron chi connectivity index (χ4n) is 1.80. The summed E-state index contributed by atoms with van der Waals surface area (Å²) in [6.07, 6.45) is 2.32. The molecule has 0 aromatic carbocycles. The first kappa shape index (κ1) is 12.6. The Morgan fingerprint density at radius 3 is 2.33 bits per heavy atom. The summed E-state index contributed by atoms with van der Waals surface area (Å²) in [5.41, 5.74) is 0. The maximum atomic E-state index is 11.6. The van der Waals surface area contributed by atoms with E-state index in [4.69, 9.17) is 0 Å². The Bertz CT molecular complexity index is 312. The third-order valence-electron chi connectivity index (χ3n) is 2.44. The second-order valence-electron chi connectivity index (χ2n) is 4.61. The average molecular weight is 233 g/mol. The van der Waals surface area contributed by atoms with Crippen molar-refractivity contribution < 1.29 is 13.2 Å². The van der Waals surface area contributed by atoms with Crippen molar-refractivity contribution in [2.24, 2.45) is 5.92 Å². The van der Waals surface area contributed by atoms with Crippen LogP contribution in [0.15, 0.2) is 0 Å². The highest BCUT2D eigenvalue weighted by Crippen LogP contribution is 2.15. The van der Waals surface area contributed by atoms with Gasteiger partial charge in [-0.1, -0.05) is 13.8 Å². The summed E-state index contributed by atoms with van der Waals surface area (Å²) in [5, 5.41) is 0. The predicted molar refractivity (Wildman–Crippen MR) is 59.0 cm³/mol. The van der Waals surface area contributed by atoms with Gasteiger partial charge in [-0.05, 0) is 18.8 Å². The number of rotatable bonds is 4. The van der Waals surface area contributed by atoms with Gasteiger partial charge in [0.2, 0.25) is 10.0 Å². The fraction of sp³-hybridized carbons (Fsp3) is 0.900. The highest BCUT2D eigenvalue weighted by Gasteiger charge is 2.23. The average Bonchev–Trinajstić information content (AvgIpc) is 2.06.